The van der Waals surface area contributed by atoms with Crippen LogP contribution in [0.3, 0.4) is 0 Å². The molecule has 3 amide bonds. The molecule has 1 saturated heterocycles. The molecule has 2 rings (SSSR count). The Bertz CT molecular complexity index is 894. The van der Waals surface area contributed by atoms with Crippen molar-refractivity contribution < 1.29 is 18.6 Å². The Morgan fingerprint density at radius 2 is 1.51 bits per heavy atom. The number of imide groups is 1. The van der Waals surface area contributed by atoms with Gasteiger partial charge in [0.15, 0.2) is 0 Å². The summed E-state index contributed by atoms with van der Waals surface area (Å²) in [6.45, 7) is 12.1. The van der Waals surface area contributed by atoms with E-state index in [0.717, 1.165) is 47.3 Å². The molecule has 0 aliphatic carbocycles. The van der Waals surface area contributed by atoms with Gasteiger partial charge in [0.25, 0.3) is 5.91 Å². The maximum absolute atomic E-state index is 12.4. The lowest BCUT2D eigenvalue weighted by Gasteiger charge is -2.36. The van der Waals surface area contributed by atoms with Crippen LogP contribution in [0.5, 0.6) is 0 Å². The summed E-state index contributed by atoms with van der Waals surface area (Å²) in [5, 5.41) is 11.6. The lowest BCUT2D eigenvalue weighted by molar-refractivity contribution is -0.914. The highest BCUT2D eigenvalue weighted by atomic mass is 16.2. The van der Waals surface area contributed by atoms with Crippen LogP contribution in [0.2, 0.25) is 0 Å². The molecule has 9 nitrogen and oxygen atoms in total. The third-order valence-electron chi connectivity index (χ3n) is 8.59. The summed E-state index contributed by atoms with van der Waals surface area (Å²) in [7, 11) is 8.98. The molecule has 2 heterocycles. The second-order valence-electron chi connectivity index (χ2n) is 13.6. The van der Waals surface area contributed by atoms with Crippen molar-refractivity contribution in [2.24, 2.45) is 0 Å². The second-order valence-corrected chi connectivity index (χ2v) is 13.6. The fourth-order valence-electron chi connectivity index (χ4n) is 5.40. The highest BCUT2D eigenvalue weighted by Gasteiger charge is 2.44. The SMILES string of the molecule is CCCCCCCCCCCC(C)[N+](C)(C)CCn1cc(C[N+](C)(C)CCCN2C(=O)NC(C)(C)C2=O)nn1. The van der Waals surface area contributed by atoms with Crippen LogP contribution in [0.25, 0.3) is 0 Å². The molecule has 1 aromatic heterocycles. The summed E-state index contributed by atoms with van der Waals surface area (Å²) < 4.78 is 3.70. The Morgan fingerprint density at radius 3 is 2.10 bits per heavy atom. The summed E-state index contributed by atoms with van der Waals surface area (Å²) in [4.78, 5) is 25.9. The molecule has 0 saturated carbocycles. The van der Waals surface area contributed by atoms with Crippen molar-refractivity contribution in [3.8, 4) is 0 Å². The van der Waals surface area contributed by atoms with Crippen LogP contribution < -0.4 is 5.32 Å². The molecule has 1 aliphatic rings. The molecule has 0 radical (unpaired) electrons. The number of rotatable bonds is 20. The fraction of sp³-hybridized carbons (Fsp3) is 0.867. The van der Waals surface area contributed by atoms with Crippen LogP contribution in [0, 0.1) is 0 Å². The number of urea groups is 1. The van der Waals surface area contributed by atoms with Crippen LogP contribution in [-0.4, -0.2) is 100 Å². The first-order valence-electron chi connectivity index (χ1n) is 15.5. The van der Waals surface area contributed by atoms with Gasteiger partial charge >= 0.3 is 6.03 Å². The summed E-state index contributed by atoms with van der Waals surface area (Å²) in [6.07, 6.45) is 16.5. The lowest BCUT2D eigenvalue weighted by atomic mass is 10.0. The molecular formula is C30H59N7O2+2. The van der Waals surface area contributed by atoms with Gasteiger partial charge in [-0.05, 0) is 33.6 Å². The molecular weight excluding hydrogens is 490 g/mol. The van der Waals surface area contributed by atoms with Crippen molar-refractivity contribution in [2.45, 2.75) is 123 Å². The zero-order valence-electron chi connectivity index (χ0n) is 26.5. The van der Waals surface area contributed by atoms with E-state index in [1.54, 1.807) is 13.8 Å². The number of carbonyl (C=O) groups excluding carboxylic acids is 2. The number of likely N-dealkylation sites (N-methyl/N-ethyl adjacent to an activating group) is 1. The van der Waals surface area contributed by atoms with E-state index in [1.165, 1.54) is 69.1 Å². The van der Waals surface area contributed by atoms with Gasteiger partial charge in [-0.15, -0.1) is 5.10 Å². The highest BCUT2D eigenvalue weighted by Crippen LogP contribution is 2.18. The molecule has 1 aromatic rings. The van der Waals surface area contributed by atoms with Gasteiger partial charge in [0.2, 0.25) is 0 Å². The van der Waals surface area contributed by atoms with E-state index in [4.69, 9.17) is 0 Å². The molecule has 0 bridgehead atoms. The molecule has 1 aliphatic heterocycles. The van der Waals surface area contributed by atoms with E-state index in [1.807, 2.05) is 4.68 Å². The standard InChI is InChI=1S/C30H58N7O2/c1-9-10-11-12-13-14-15-16-17-19-26(2)37(7,8)23-21-34-24-27(32-33-34)25-36(5,6)22-18-20-35-28(38)30(3,4)31-29(35)39/h24,26H,9-23,25H2,1-8H3/q+1/p+1. The fourth-order valence-corrected chi connectivity index (χ4v) is 5.40. The summed E-state index contributed by atoms with van der Waals surface area (Å²) in [6, 6.07) is 0.338. The molecule has 9 heteroatoms. The first-order valence-corrected chi connectivity index (χ1v) is 15.5. The van der Waals surface area contributed by atoms with Crippen LogP contribution in [0.1, 0.15) is 104 Å². The number of nitrogens with zero attached hydrogens (tertiary/aromatic N) is 6. The largest absolute Gasteiger partial charge is 0.325 e. The van der Waals surface area contributed by atoms with Crippen LogP contribution in [0.15, 0.2) is 6.20 Å². The number of quaternary nitrogens is 2. The van der Waals surface area contributed by atoms with Gasteiger partial charge in [-0.2, -0.15) is 0 Å². The maximum atomic E-state index is 12.4. The van der Waals surface area contributed by atoms with Gasteiger partial charge in [0.1, 0.15) is 17.8 Å². The first-order chi connectivity index (χ1) is 18.3. The van der Waals surface area contributed by atoms with Crippen molar-refractivity contribution >= 4 is 11.9 Å². The quantitative estimate of drug-likeness (QED) is 0.142. The minimum Gasteiger partial charge on any atom is -0.325 e. The number of nitrogens with one attached hydrogen (secondary N) is 1. The van der Waals surface area contributed by atoms with Crippen LogP contribution in [0.4, 0.5) is 4.79 Å². The van der Waals surface area contributed by atoms with Gasteiger partial charge in [-0.1, -0.05) is 63.5 Å². The average Bonchev–Trinajstić information content (AvgIpc) is 3.37. The van der Waals surface area contributed by atoms with E-state index in [9.17, 15) is 9.59 Å². The normalized spacial score (nSPS) is 16.7. The minimum absolute atomic E-state index is 0.149. The third kappa shape index (κ3) is 11.2. The molecule has 0 aromatic carbocycles. The Hall–Kier alpha value is -2.00. The van der Waals surface area contributed by atoms with Crippen molar-refractivity contribution in [3.63, 3.8) is 0 Å². The molecule has 39 heavy (non-hydrogen) atoms. The number of unbranched alkanes of at least 4 members (excludes halogenated alkanes) is 8. The van der Waals surface area contributed by atoms with E-state index in [2.05, 4.69) is 63.9 Å². The second kappa shape index (κ2) is 15.1. The minimum atomic E-state index is -0.807. The van der Waals surface area contributed by atoms with E-state index < -0.39 is 5.54 Å². The third-order valence-corrected chi connectivity index (χ3v) is 8.59. The van der Waals surface area contributed by atoms with E-state index >= 15 is 0 Å². The molecule has 1 N–H and O–H groups in total. The molecule has 1 fully saturated rings. The van der Waals surface area contributed by atoms with Crippen LogP contribution in [-0.2, 0) is 17.9 Å². The molecule has 0 spiro atoms. The van der Waals surface area contributed by atoms with Gasteiger partial charge < -0.3 is 14.3 Å². The first kappa shape index (κ1) is 33.2. The molecule has 1 unspecified atom stereocenters. The Kier molecular flexibility index (Phi) is 12.9. The molecule has 1 atom stereocenters. The van der Waals surface area contributed by atoms with Crippen molar-refractivity contribution in [1.82, 2.24) is 25.2 Å². The van der Waals surface area contributed by atoms with E-state index in [-0.39, 0.29) is 11.9 Å². The zero-order chi connectivity index (χ0) is 29.1. The number of aromatic nitrogens is 3. The van der Waals surface area contributed by atoms with Crippen molar-refractivity contribution in [1.29, 1.82) is 0 Å². The Morgan fingerprint density at radius 1 is 0.897 bits per heavy atom. The van der Waals surface area contributed by atoms with Crippen molar-refractivity contribution in [3.05, 3.63) is 11.9 Å². The smallest absolute Gasteiger partial charge is 0.325 e. The predicted octanol–water partition coefficient (Wildman–Crippen LogP) is 4.96. The van der Waals surface area contributed by atoms with E-state index in [0.29, 0.717) is 12.6 Å². The Labute approximate surface area is 238 Å². The lowest BCUT2D eigenvalue weighted by Crippen LogP contribution is -2.49. The number of hydrogen-bond acceptors (Lipinski definition) is 4. The number of hydrogen-bond donors (Lipinski definition) is 1. The highest BCUT2D eigenvalue weighted by molar-refractivity contribution is 6.06. The van der Waals surface area contributed by atoms with Crippen LogP contribution >= 0.6 is 0 Å². The van der Waals surface area contributed by atoms with Gasteiger partial charge in [-0.3, -0.25) is 9.69 Å². The van der Waals surface area contributed by atoms with Crippen molar-refractivity contribution in [2.75, 3.05) is 47.8 Å². The molecule has 224 valence electrons. The Balaban J connectivity index is 1.68. The summed E-state index contributed by atoms with van der Waals surface area (Å²) in [5.74, 6) is -0.149. The monoisotopic (exact) mass is 549 g/mol. The number of carbonyl (C=O) groups is 2. The van der Waals surface area contributed by atoms with Gasteiger partial charge in [0, 0.05) is 13.0 Å². The van der Waals surface area contributed by atoms with Gasteiger partial charge in [0.05, 0.1) is 60.1 Å². The number of amides is 3. The average molecular weight is 550 g/mol. The summed E-state index contributed by atoms with van der Waals surface area (Å²) in [5.41, 5.74) is 0.169. The van der Waals surface area contributed by atoms with Gasteiger partial charge in [-0.25, -0.2) is 9.48 Å². The topological polar surface area (TPSA) is 80.1 Å². The summed E-state index contributed by atoms with van der Waals surface area (Å²) >= 11 is 0. The predicted molar refractivity (Wildman–Crippen MR) is 158 cm³/mol. The zero-order valence-corrected chi connectivity index (χ0v) is 26.5. The maximum Gasteiger partial charge on any atom is 0.325 e.